The van der Waals surface area contributed by atoms with Gasteiger partial charge in [0.1, 0.15) is 11.5 Å². The van der Waals surface area contributed by atoms with Crippen molar-refractivity contribution in [3.63, 3.8) is 0 Å². The molecule has 0 N–H and O–H groups in total. The Balaban J connectivity index is 1.87. The second-order valence-electron chi connectivity index (χ2n) is 6.46. The Kier molecular flexibility index (Phi) is 2.90. The third-order valence-electron chi connectivity index (χ3n) is 5.19. The smallest absolute Gasteiger partial charge is 0.131 e. The fourth-order valence-electron chi connectivity index (χ4n) is 4.12. The first kappa shape index (κ1) is 13.6. The number of fused-ring (bicyclic) bond motifs is 6. The van der Waals surface area contributed by atoms with E-state index in [-0.39, 0.29) is 0 Å². The molecule has 1 aliphatic heterocycles. The van der Waals surface area contributed by atoms with E-state index in [0.717, 1.165) is 17.9 Å². The summed E-state index contributed by atoms with van der Waals surface area (Å²) in [7, 11) is 0. The van der Waals surface area contributed by atoms with Crippen molar-refractivity contribution >= 4 is 21.5 Å². The molecule has 0 amide bonds. The number of hydrogen-bond acceptors (Lipinski definition) is 1. The van der Waals surface area contributed by atoms with Crippen LogP contribution in [-0.4, -0.2) is 0 Å². The number of hydrogen-bond donors (Lipinski definition) is 0. The Bertz CT molecular complexity index is 993. The van der Waals surface area contributed by atoms with Crippen LogP contribution in [-0.2, 0) is 0 Å². The fraction of sp³-hybridized carbons (Fsp3) is 0.130. The van der Waals surface area contributed by atoms with E-state index < -0.39 is 0 Å². The molecular weight excluding hydrogens is 292 g/mol. The van der Waals surface area contributed by atoms with Crippen molar-refractivity contribution < 1.29 is 4.74 Å². The molecule has 24 heavy (non-hydrogen) atoms. The van der Waals surface area contributed by atoms with Gasteiger partial charge in [-0.2, -0.15) is 0 Å². The van der Waals surface area contributed by atoms with Crippen LogP contribution in [0, 0.1) is 0 Å². The van der Waals surface area contributed by atoms with Crippen LogP contribution in [0.2, 0.25) is 0 Å². The van der Waals surface area contributed by atoms with Gasteiger partial charge in [-0.25, -0.2) is 0 Å². The average Bonchev–Trinajstić information content (AvgIpc) is 2.65. The normalized spacial score (nSPS) is 13.5. The van der Waals surface area contributed by atoms with Crippen molar-refractivity contribution in [3.8, 4) is 11.5 Å². The van der Waals surface area contributed by atoms with E-state index in [9.17, 15) is 0 Å². The lowest BCUT2D eigenvalue weighted by molar-refractivity contribution is 0.447. The highest BCUT2D eigenvalue weighted by molar-refractivity contribution is 5.94. The van der Waals surface area contributed by atoms with Crippen LogP contribution >= 0.6 is 0 Å². The summed E-state index contributed by atoms with van der Waals surface area (Å²) in [4.78, 5) is 0. The second kappa shape index (κ2) is 5.10. The fourth-order valence-corrected chi connectivity index (χ4v) is 4.12. The molecule has 1 nitrogen and oxygen atoms in total. The van der Waals surface area contributed by atoms with E-state index in [1.54, 1.807) is 0 Å². The van der Waals surface area contributed by atoms with E-state index in [1.807, 2.05) is 0 Å². The molecule has 1 heteroatoms. The van der Waals surface area contributed by atoms with Crippen LogP contribution in [0.25, 0.3) is 21.5 Å². The zero-order chi connectivity index (χ0) is 16.1. The largest absolute Gasteiger partial charge is 0.457 e. The summed E-state index contributed by atoms with van der Waals surface area (Å²) >= 11 is 0. The zero-order valence-electron chi connectivity index (χ0n) is 13.6. The molecule has 1 aliphatic rings. The minimum absolute atomic E-state index is 0.362. The Hall–Kier alpha value is -2.80. The number of ether oxygens (including phenoxy) is 1. The van der Waals surface area contributed by atoms with Crippen LogP contribution in [0.15, 0.2) is 72.8 Å². The topological polar surface area (TPSA) is 9.23 Å². The molecule has 0 fully saturated rings. The summed E-state index contributed by atoms with van der Waals surface area (Å²) in [6.07, 6.45) is 1.06. The second-order valence-corrected chi connectivity index (χ2v) is 6.46. The molecular formula is C23H18O. The monoisotopic (exact) mass is 310 g/mol. The minimum Gasteiger partial charge on any atom is -0.457 e. The number of rotatable bonds is 1. The van der Waals surface area contributed by atoms with Gasteiger partial charge >= 0.3 is 0 Å². The predicted octanol–water partition coefficient (Wildman–Crippen LogP) is 6.64. The van der Waals surface area contributed by atoms with Crippen molar-refractivity contribution in [2.45, 2.75) is 19.3 Å². The van der Waals surface area contributed by atoms with Gasteiger partial charge in [0.05, 0.1) is 0 Å². The maximum atomic E-state index is 6.33. The van der Waals surface area contributed by atoms with Crippen LogP contribution in [0.1, 0.15) is 30.4 Å². The van der Waals surface area contributed by atoms with E-state index in [2.05, 4.69) is 79.7 Å². The molecule has 116 valence electrons. The molecule has 4 aromatic rings. The molecule has 1 heterocycles. The van der Waals surface area contributed by atoms with Gasteiger partial charge in [-0.05, 0) is 40.1 Å². The van der Waals surface area contributed by atoms with Gasteiger partial charge in [0.2, 0.25) is 0 Å². The first-order valence-electron chi connectivity index (χ1n) is 8.58. The van der Waals surface area contributed by atoms with Crippen LogP contribution in [0.3, 0.4) is 0 Å². The molecule has 0 aliphatic carbocycles. The van der Waals surface area contributed by atoms with Gasteiger partial charge in [-0.15, -0.1) is 0 Å². The SMILES string of the molecule is CCC1c2c(ccc3ccccc23)Oc2ccc3ccccc3c21. The van der Waals surface area contributed by atoms with Crippen molar-refractivity contribution in [2.24, 2.45) is 0 Å². The van der Waals surface area contributed by atoms with Crippen molar-refractivity contribution in [2.75, 3.05) is 0 Å². The maximum Gasteiger partial charge on any atom is 0.131 e. The van der Waals surface area contributed by atoms with Crippen molar-refractivity contribution in [1.82, 2.24) is 0 Å². The van der Waals surface area contributed by atoms with E-state index in [4.69, 9.17) is 4.74 Å². The number of benzene rings is 4. The van der Waals surface area contributed by atoms with Crippen LogP contribution in [0.5, 0.6) is 11.5 Å². The molecule has 0 aromatic heterocycles. The molecule has 5 rings (SSSR count). The third kappa shape index (κ3) is 1.81. The molecule has 0 bridgehead atoms. The highest BCUT2D eigenvalue weighted by atomic mass is 16.5. The predicted molar refractivity (Wildman–Crippen MR) is 100 cm³/mol. The summed E-state index contributed by atoms with van der Waals surface area (Å²) < 4.78 is 6.33. The van der Waals surface area contributed by atoms with Crippen molar-refractivity contribution in [1.29, 1.82) is 0 Å². The molecule has 0 saturated carbocycles. The summed E-state index contributed by atoms with van der Waals surface area (Å²) in [5.41, 5.74) is 2.67. The molecule has 0 unspecified atom stereocenters. The molecule has 0 atom stereocenters. The quantitative estimate of drug-likeness (QED) is 0.383. The highest BCUT2D eigenvalue weighted by Gasteiger charge is 2.29. The average molecular weight is 310 g/mol. The Morgan fingerprint density at radius 1 is 0.667 bits per heavy atom. The highest BCUT2D eigenvalue weighted by Crippen LogP contribution is 2.50. The van der Waals surface area contributed by atoms with E-state index in [1.165, 1.54) is 32.7 Å². The van der Waals surface area contributed by atoms with Gasteiger partial charge in [-0.3, -0.25) is 0 Å². The van der Waals surface area contributed by atoms with Gasteiger partial charge in [-0.1, -0.05) is 67.6 Å². The lowest BCUT2D eigenvalue weighted by atomic mass is 9.81. The van der Waals surface area contributed by atoms with Crippen molar-refractivity contribution in [3.05, 3.63) is 83.9 Å². The lowest BCUT2D eigenvalue weighted by Gasteiger charge is -2.30. The first-order chi connectivity index (χ1) is 11.9. The molecule has 0 radical (unpaired) electrons. The Morgan fingerprint density at radius 2 is 1.17 bits per heavy atom. The Labute approximate surface area is 141 Å². The van der Waals surface area contributed by atoms with Gasteiger partial charge in [0.15, 0.2) is 0 Å². The maximum absolute atomic E-state index is 6.33. The van der Waals surface area contributed by atoms with Crippen LogP contribution in [0.4, 0.5) is 0 Å². The molecule has 0 saturated heterocycles. The summed E-state index contributed by atoms with van der Waals surface area (Å²) in [6, 6.07) is 25.8. The van der Waals surface area contributed by atoms with Gasteiger partial charge < -0.3 is 4.74 Å². The zero-order valence-corrected chi connectivity index (χ0v) is 13.6. The minimum atomic E-state index is 0.362. The molecule has 4 aromatic carbocycles. The van der Waals surface area contributed by atoms with Gasteiger partial charge in [0.25, 0.3) is 0 Å². The Morgan fingerprint density at radius 3 is 1.67 bits per heavy atom. The standard InChI is InChI=1S/C23H18O/c1-2-17-22-18-9-5-3-7-15(18)11-13-20(22)24-21-14-12-16-8-4-6-10-19(16)23(17)21/h3-14,17H,2H2,1H3. The summed E-state index contributed by atoms with van der Waals surface area (Å²) in [5.74, 6) is 2.37. The van der Waals surface area contributed by atoms with E-state index >= 15 is 0 Å². The van der Waals surface area contributed by atoms with E-state index in [0.29, 0.717) is 5.92 Å². The summed E-state index contributed by atoms with van der Waals surface area (Å²) in [5, 5.41) is 5.17. The van der Waals surface area contributed by atoms with Gasteiger partial charge in [0, 0.05) is 17.0 Å². The first-order valence-corrected chi connectivity index (χ1v) is 8.58. The molecule has 0 spiro atoms. The van der Waals surface area contributed by atoms with Crippen LogP contribution < -0.4 is 4.74 Å². The lowest BCUT2D eigenvalue weighted by Crippen LogP contribution is -2.11. The summed E-state index contributed by atoms with van der Waals surface area (Å²) in [6.45, 7) is 2.27. The third-order valence-corrected chi connectivity index (χ3v) is 5.19.